The van der Waals surface area contributed by atoms with Crippen molar-refractivity contribution in [3.63, 3.8) is 0 Å². The van der Waals surface area contributed by atoms with Gasteiger partial charge in [0.1, 0.15) is 5.82 Å². The second-order valence-electron chi connectivity index (χ2n) is 7.65. The zero-order valence-corrected chi connectivity index (χ0v) is 19.0. The second kappa shape index (κ2) is 10.5. The summed E-state index contributed by atoms with van der Waals surface area (Å²) in [4.78, 5) is 38.6. The van der Waals surface area contributed by atoms with Crippen molar-refractivity contribution >= 4 is 40.0 Å². The van der Waals surface area contributed by atoms with E-state index in [0.717, 1.165) is 19.6 Å². The minimum absolute atomic E-state index is 0.0781. The van der Waals surface area contributed by atoms with E-state index < -0.39 is 5.82 Å². The van der Waals surface area contributed by atoms with Gasteiger partial charge < -0.3 is 4.90 Å². The highest BCUT2D eigenvalue weighted by molar-refractivity contribution is 7.14. The first-order valence-corrected chi connectivity index (χ1v) is 11.5. The van der Waals surface area contributed by atoms with Crippen molar-refractivity contribution in [2.75, 3.05) is 31.1 Å². The van der Waals surface area contributed by atoms with Gasteiger partial charge in [0.15, 0.2) is 5.13 Å². The number of carbonyl (C=O) groups is 2. The Kier molecular flexibility index (Phi) is 7.21. The average Bonchev–Trinajstić information content (AvgIpc) is 3.28. The Bertz CT molecular complexity index is 1140. The molecule has 170 valence electrons. The fourth-order valence-corrected chi connectivity index (χ4v) is 4.48. The molecule has 1 aliphatic rings. The number of hydrogen-bond donors (Lipinski definition) is 0. The summed E-state index contributed by atoms with van der Waals surface area (Å²) in [5.41, 5.74) is 1.90. The molecule has 4 rings (SSSR count). The molecule has 0 saturated carbocycles. The molecule has 1 aromatic carbocycles. The molecular weight excluding hydrogens is 441 g/mol. The van der Waals surface area contributed by atoms with Crippen LogP contribution in [0.15, 0.2) is 60.2 Å². The summed E-state index contributed by atoms with van der Waals surface area (Å²) in [7, 11) is 0. The monoisotopic (exact) mass is 465 g/mol. The molecular formula is C24H24FN5O2S. The maximum atomic E-state index is 14.2. The number of hydrogen-bond acceptors (Lipinski definition) is 6. The molecule has 2 aromatic heterocycles. The number of para-hydroxylation sites is 1. The van der Waals surface area contributed by atoms with Gasteiger partial charge in [-0.25, -0.2) is 9.37 Å². The lowest BCUT2D eigenvalue weighted by molar-refractivity contribution is -0.127. The molecule has 1 aliphatic heterocycles. The topological polar surface area (TPSA) is 69.6 Å². The number of piperazine rings is 1. The van der Waals surface area contributed by atoms with Crippen LogP contribution < -0.4 is 4.90 Å². The normalized spacial score (nSPS) is 14.5. The van der Waals surface area contributed by atoms with E-state index in [1.54, 1.807) is 36.0 Å². The minimum Gasteiger partial charge on any atom is -0.337 e. The van der Waals surface area contributed by atoms with Crippen LogP contribution in [0.1, 0.15) is 18.2 Å². The van der Waals surface area contributed by atoms with Crippen LogP contribution in [0.2, 0.25) is 0 Å². The van der Waals surface area contributed by atoms with Crippen molar-refractivity contribution in [3.8, 4) is 0 Å². The molecule has 0 spiro atoms. The first-order chi connectivity index (χ1) is 16.0. The van der Waals surface area contributed by atoms with Crippen molar-refractivity contribution in [3.05, 3.63) is 77.3 Å². The molecule has 3 heterocycles. The predicted molar refractivity (Wildman–Crippen MR) is 126 cm³/mol. The third-order valence-electron chi connectivity index (χ3n) is 5.35. The third kappa shape index (κ3) is 5.68. The van der Waals surface area contributed by atoms with E-state index in [1.807, 2.05) is 17.0 Å². The summed E-state index contributed by atoms with van der Waals surface area (Å²) in [5.74, 6) is -0.922. The number of pyridine rings is 1. The number of nitrogens with zero attached hydrogens (tertiary/aromatic N) is 5. The fraction of sp³-hybridized carbons (Fsp3) is 0.250. The van der Waals surface area contributed by atoms with Gasteiger partial charge in [-0.3, -0.25) is 24.4 Å². The molecule has 0 unspecified atom stereocenters. The average molecular weight is 466 g/mol. The number of rotatable bonds is 6. The van der Waals surface area contributed by atoms with Crippen LogP contribution in [0.3, 0.4) is 0 Å². The van der Waals surface area contributed by atoms with Gasteiger partial charge in [0.05, 0.1) is 11.4 Å². The SMILES string of the molecule is CC(=O)N(c1nc(/C=C/C(=O)N2CCN(Cc3ccncc3)CC2)cs1)c1ccccc1F. The summed E-state index contributed by atoms with van der Waals surface area (Å²) in [6.07, 6.45) is 6.70. The van der Waals surface area contributed by atoms with E-state index in [4.69, 9.17) is 0 Å². The zero-order valence-electron chi connectivity index (χ0n) is 18.2. The number of halogens is 1. The quantitative estimate of drug-likeness (QED) is 0.519. The molecule has 7 nitrogen and oxygen atoms in total. The molecule has 9 heteroatoms. The van der Waals surface area contributed by atoms with Crippen LogP contribution in [0.25, 0.3) is 6.08 Å². The molecule has 1 fully saturated rings. The van der Waals surface area contributed by atoms with Crippen molar-refractivity contribution in [2.24, 2.45) is 0 Å². The van der Waals surface area contributed by atoms with Crippen molar-refractivity contribution in [2.45, 2.75) is 13.5 Å². The van der Waals surface area contributed by atoms with E-state index >= 15 is 0 Å². The summed E-state index contributed by atoms with van der Waals surface area (Å²) >= 11 is 1.22. The summed E-state index contributed by atoms with van der Waals surface area (Å²) in [5, 5.41) is 2.09. The van der Waals surface area contributed by atoms with E-state index in [1.165, 1.54) is 46.9 Å². The van der Waals surface area contributed by atoms with Crippen LogP contribution in [0, 0.1) is 5.82 Å². The van der Waals surface area contributed by atoms with Crippen molar-refractivity contribution in [1.29, 1.82) is 0 Å². The van der Waals surface area contributed by atoms with Gasteiger partial charge in [-0.15, -0.1) is 11.3 Å². The summed E-state index contributed by atoms with van der Waals surface area (Å²) in [6, 6.07) is 10.1. The lowest BCUT2D eigenvalue weighted by Gasteiger charge is -2.34. The molecule has 0 N–H and O–H groups in total. The summed E-state index contributed by atoms with van der Waals surface area (Å²) < 4.78 is 14.2. The van der Waals surface area contributed by atoms with Crippen molar-refractivity contribution < 1.29 is 14.0 Å². The third-order valence-corrected chi connectivity index (χ3v) is 6.19. The number of anilines is 2. The van der Waals surface area contributed by atoms with Gasteiger partial charge in [-0.1, -0.05) is 12.1 Å². The van der Waals surface area contributed by atoms with E-state index in [9.17, 15) is 14.0 Å². The predicted octanol–water partition coefficient (Wildman–Crippen LogP) is 3.72. The van der Waals surface area contributed by atoms with Gasteiger partial charge in [-0.2, -0.15) is 0 Å². The highest BCUT2D eigenvalue weighted by atomic mass is 32.1. The Labute approximate surface area is 195 Å². The Morgan fingerprint density at radius 2 is 1.85 bits per heavy atom. The smallest absolute Gasteiger partial charge is 0.246 e. The number of thiazole rings is 1. The first-order valence-electron chi connectivity index (χ1n) is 10.6. The molecule has 1 saturated heterocycles. The summed E-state index contributed by atoms with van der Waals surface area (Å²) in [6.45, 7) is 5.12. The Morgan fingerprint density at radius 1 is 1.12 bits per heavy atom. The Hall–Kier alpha value is -3.43. The van der Waals surface area contributed by atoms with Gasteiger partial charge >= 0.3 is 0 Å². The molecule has 3 aromatic rings. The molecule has 0 atom stereocenters. The van der Waals surface area contributed by atoms with Crippen molar-refractivity contribution in [1.82, 2.24) is 19.8 Å². The minimum atomic E-state index is -0.502. The van der Waals surface area contributed by atoms with Gasteiger partial charge in [0, 0.05) is 63.5 Å². The number of carbonyl (C=O) groups excluding carboxylic acids is 2. The van der Waals surface area contributed by atoms with Gasteiger partial charge in [0.2, 0.25) is 11.8 Å². The van der Waals surface area contributed by atoms with E-state index in [-0.39, 0.29) is 17.5 Å². The lowest BCUT2D eigenvalue weighted by atomic mass is 10.2. The highest BCUT2D eigenvalue weighted by Gasteiger charge is 2.21. The Morgan fingerprint density at radius 3 is 2.55 bits per heavy atom. The van der Waals surface area contributed by atoms with Crippen LogP contribution in [-0.2, 0) is 16.1 Å². The van der Waals surface area contributed by atoms with E-state index in [0.29, 0.717) is 23.9 Å². The number of aromatic nitrogens is 2. The van der Waals surface area contributed by atoms with Crippen LogP contribution >= 0.6 is 11.3 Å². The van der Waals surface area contributed by atoms with Crippen LogP contribution in [0.5, 0.6) is 0 Å². The van der Waals surface area contributed by atoms with Gasteiger partial charge in [-0.05, 0) is 35.9 Å². The largest absolute Gasteiger partial charge is 0.337 e. The Balaban J connectivity index is 1.35. The van der Waals surface area contributed by atoms with E-state index in [2.05, 4.69) is 14.9 Å². The standard InChI is InChI=1S/C24H24FN5O2S/c1-18(31)30(22-5-3-2-4-21(22)25)24-27-20(17-33-24)6-7-23(32)29-14-12-28(13-15-29)16-19-8-10-26-11-9-19/h2-11,17H,12-16H2,1H3/b7-6+. The molecule has 0 aliphatic carbocycles. The highest BCUT2D eigenvalue weighted by Crippen LogP contribution is 2.31. The molecule has 0 radical (unpaired) electrons. The first kappa shape index (κ1) is 22.8. The van der Waals surface area contributed by atoms with Crippen LogP contribution in [0.4, 0.5) is 15.2 Å². The fourth-order valence-electron chi connectivity index (χ4n) is 3.63. The molecule has 0 bridgehead atoms. The van der Waals surface area contributed by atoms with Crippen LogP contribution in [-0.4, -0.2) is 57.8 Å². The van der Waals surface area contributed by atoms with Gasteiger partial charge in [0.25, 0.3) is 0 Å². The molecule has 2 amide bonds. The maximum Gasteiger partial charge on any atom is 0.246 e. The number of benzene rings is 1. The lowest BCUT2D eigenvalue weighted by Crippen LogP contribution is -2.47. The second-order valence-corrected chi connectivity index (χ2v) is 8.49. The maximum absolute atomic E-state index is 14.2. The number of amides is 2. The molecule has 33 heavy (non-hydrogen) atoms. The zero-order chi connectivity index (χ0) is 23.2.